The van der Waals surface area contributed by atoms with Gasteiger partial charge in [-0.25, -0.2) is 0 Å². The van der Waals surface area contributed by atoms with Crippen molar-refractivity contribution in [3.8, 4) is 0 Å². The number of nitrogen functional groups attached to an aromatic ring is 1. The summed E-state index contributed by atoms with van der Waals surface area (Å²) in [6.07, 6.45) is 1.71. The first-order valence-electron chi connectivity index (χ1n) is 5.29. The highest BCUT2D eigenvalue weighted by atomic mass is 15.1. The van der Waals surface area contributed by atoms with E-state index in [9.17, 15) is 0 Å². The van der Waals surface area contributed by atoms with E-state index in [1.165, 1.54) is 0 Å². The maximum Gasteiger partial charge on any atom is 0.109 e. The second kappa shape index (κ2) is 5.07. The molecule has 0 aliphatic carbocycles. The zero-order chi connectivity index (χ0) is 12.1. The Bertz CT molecular complexity index is 545. The highest BCUT2D eigenvalue weighted by Gasteiger charge is 2.00. The summed E-state index contributed by atoms with van der Waals surface area (Å²) < 4.78 is 0. The fourth-order valence-electron chi connectivity index (χ4n) is 1.44. The molecule has 0 aromatic heterocycles. The quantitative estimate of drug-likeness (QED) is 0.611. The second-order valence-corrected chi connectivity index (χ2v) is 3.52. The number of nitrogens with two attached hydrogens (primary N) is 1. The zero-order valence-electron chi connectivity index (χ0n) is 9.38. The van der Waals surface area contributed by atoms with Crippen molar-refractivity contribution in [3.05, 3.63) is 60.7 Å². The van der Waals surface area contributed by atoms with Crippen LogP contribution in [0.2, 0.25) is 0 Å². The van der Waals surface area contributed by atoms with Crippen LogP contribution < -0.4 is 5.73 Å². The van der Waals surface area contributed by atoms with Crippen LogP contribution in [0.25, 0.3) is 6.08 Å². The van der Waals surface area contributed by atoms with E-state index in [4.69, 9.17) is 5.73 Å². The molecule has 0 fully saturated rings. The van der Waals surface area contributed by atoms with Gasteiger partial charge in [-0.15, -0.1) is 5.11 Å². The summed E-state index contributed by atoms with van der Waals surface area (Å²) in [6.45, 7) is 3.70. The Morgan fingerprint density at radius 2 is 1.71 bits per heavy atom. The molecule has 0 aliphatic heterocycles. The Kier molecular flexibility index (Phi) is 3.31. The van der Waals surface area contributed by atoms with E-state index in [1.54, 1.807) is 6.08 Å². The molecule has 0 saturated heterocycles. The summed E-state index contributed by atoms with van der Waals surface area (Å²) in [5.74, 6) is 0. The van der Waals surface area contributed by atoms with Crippen LogP contribution in [0.5, 0.6) is 0 Å². The third-order valence-electron chi connectivity index (χ3n) is 2.37. The van der Waals surface area contributed by atoms with Gasteiger partial charge >= 0.3 is 0 Å². The predicted molar refractivity (Wildman–Crippen MR) is 71.6 cm³/mol. The number of nitrogens with zero attached hydrogens (tertiary/aromatic N) is 2. The third kappa shape index (κ3) is 2.58. The summed E-state index contributed by atoms with van der Waals surface area (Å²) in [6, 6.07) is 15.1. The van der Waals surface area contributed by atoms with Gasteiger partial charge in [-0.05, 0) is 23.8 Å². The van der Waals surface area contributed by atoms with Crippen molar-refractivity contribution in [1.29, 1.82) is 0 Å². The molecule has 3 heteroatoms. The minimum absolute atomic E-state index is 0.599. The van der Waals surface area contributed by atoms with Gasteiger partial charge in [0.25, 0.3) is 0 Å². The molecule has 0 heterocycles. The number of rotatable bonds is 3. The molecule has 2 aromatic rings. The number of azo groups is 1. The lowest BCUT2D eigenvalue weighted by Crippen LogP contribution is -1.88. The Morgan fingerprint density at radius 1 is 0.941 bits per heavy atom. The molecule has 0 aliphatic rings. The molecular formula is C14H13N3. The van der Waals surface area contributed by atoms with Crippen molar-refractivity contribution < 1.29 is 0 Å². The molecule has 0 amide bonds. The van der Waals surface area contributed by atoms with Crippen LogP contribution in [-0.4, -0.2) is 0 Å². The van der Waals surface area contributed by atoms with Crippen LogP contribution in [-0.2, 0) is 0 Å². The van der Waals surface area contributed by atoms with Crippen molar-refractivity contribution in [2.24, 2.45) is 10.2 Å². The number of anilines is 1. The molecule has 2 rings (SSSR count). The minimum atomic E-state index is 0.599. The number of hydrogen-bond donors (Lipinski definition) is 1. The molecule has 17 heavy (non-hydrogen) atoms. The molecule has 0 bridgehead atoms. The van der Waals surface area contributed by atoms with Crippen molar-refractivity contribution >= 4 is 23.1 Å². The van der Waals surface area contributed by atoms with Gasteiger partial charge in [0.15, 0.2) is 0 Å². The van der Waals surface area contributed by atoms with Gasteiger partial charge < -0.3 is 5.73 Å². The summed E-state index contributed by atoms with van der Waals surface area (Å²) in [5, 5.41) is 8.26. The van der Waals surface area contributed by atoms with E-state index in [0.717, 1.165) is 11.3 Å². The molecule has 0 spiro atoms. The smallest absolute Gasteiger partial charge is 0.109 e. The van der Waals surface area contributed by atoms with Crippen LogP contribution in [0.4, 0.5) is 17.1 Å². The van der Waals surface area contributed by atoms with E-state index in [1.807, 2.05) is 48.5 Å². The topological polar surface area (TPSA) is 50.7 Å². The lowest BCUT2D eigenvalue weighted by molar-refractivity contribution is 1.23. The lowest BCUT2D eigenvalue weighted by Gasteiger charge is -2.02. The number of hydrogen-bond acceptors (Lipinski definition) is 3. The fourth-order valence-corrected chi connectivity index (χ4v) is 1.44. The molecule has 0 atom stereocenters. The SMILES string of the molecule is C=Cc1cccc(N=Nc2ccccc2)c1N. The molecule has 3 nitrogen and oxygen atoms in total. The first kappa shape index (κ1) is 11.1. The molecule has 0 unspecified atom stereocenters. The van der Waals surface area contributed by atoms with E-state index in [0.29, 0.717) is 11.4 Å². The van der Waals surface area contributed by atoms with Crippen molar-refractivity contribution in [3.63, 3.8) is 0 Å². The average molecular weight is 223 g/mol. The highest BCUT2D eigenvalue weighted by molar-refractivity contribution is 5.74. The zero-order valence-corrected chi connectivity index (χ0v) is 9.38. The van der Waals surface area contributed by atoms with Gasteiger partial charge in [0.05, 0.1) is 11.4 Å². The summed E-state index contributed by atoms with van der Waals surface area (Å²) >= 11 is 0. The van der Waals surface area contributed by atoms with Gasteiger partial charge in [-0.1, -0.05) is 43.0 Å². The Labute approximate surface area is 100 Å². The monoisotopic (exact) mass is 223 g/mol. The van der Waals surface area contributed by atoms with Crippen LogP contribution in [0.15, 0.2) is 65.3 Å². The van der Waals surface area contributed by atoms with Gasteiger partial charge in [-0.3, -0.25) is 0 Å². The van der Waals surface area contributed by atoms with Crippen molar-refractivity contribution in [2.75, 3.05) is 5.73 Å². The largest absolute Gasteiger partial charge is 0.396 e. The van der Waals surface area contributed by atoms with Gasteiger partial charge in [0, 0.05) is 0 Å². The van der Waals surface area contributed by atoms with E-state index in [2.05, 4.69) is 16.8 Å². The molecule has 2 N–H and O–H groups in total. The maximum atomic E-state index is 5.93. The molecule has 84 valence electrons. The van der Waals surface area contributed by atoms with Gasteiger partial charge in [0.1, 0.15) is 5.69 Å². The molecule has 0 saturated carbocycles. The Morgan fingerprint density at radius 3 is 2.41 bits per heavy atom. The fraction of sp³-hybridized carbons (Fsp3) is 0. The Balaban J connectivity index is 2.31. The molecular weight excluding hydrogens is 210 g/mol. The number of benzene rings is 2. The maximum absolute atomic E-state index is 5.93. The second-order valence-electron chi connectivity index (χ2n) is 3.52. The standard InChI is InChI=1S/C14H13N3/c1-2-11-7-6-10-13(14(11)15)17-16-12-8-4-3-5-9-12/h2-10H,1,15H2. The average Bonchev–Trinajstić information content (AvgIpc) is 2.39. The van der Waals surface area contributed by atoms with E-state index >= 15 is 0 Å². The molecule has 0 radical (unpaired) electrons. The van der Waals surface area contributed by atoms with Crippen molar-refractivity contribution in [2.45, 2.75) is 0 Å². The van der Waals surface area contributed by atoms with Gasteiger partial charge in [0.2, 0.25) is 0 Å². The predicted octanol–water partition coefficient (Wildman–Crippen LogP) is 4.33. The first-order chi connectivity index (χ1) is 8.31. The van der Waals surface area contributed by atoms with Crippen LogP contribution in [0.3, 0.4) is 0 Å². The van der Waals surface area contributed by atoms with E-state index in [-0.39, 0.29) is 0 Å². The van der Waals surface area contributed by atoms with Crippen LogP contribution >= 0.6 is 0 Å². The molecule has 2 aromatic carbocycles. The first-order valence-corrected chi connectivity index (χ1v) is 5.29. The normalized spacial score (nSPS) is 10.6. The van der Waals surface area contributed by atoms with Crippen LogP contribution in [0.1, 0.15) is 5.56 Å². The number of para-hydroxylation sites is 1. The lowest BCUT2D eigenvalue weighted by atomic mass is 10.1. The summed E-state index contributed by atoms with van der Waals surface area (Å²) in [4.78, 5) is 0. The summed E-state index contributed by atoms with van der Waals surface area (Å²) in [5.41, 5.74) is 8.86. The highest BCUT2D eigenvalue weighted by Crippen LogP contribution is 2.27. The van der Waals surface area contributed by atoms with Gasteiger partial charge in [-0.2, -0.15) is 5.11 Å². The van der Waals surface area contributed by atoms with Crippen LogP contribution in [0, 0.1) is 0 Å². The van der Waals surface area contributed by atoms with Crippen molar-refractivity contribution in [1.82, 2.24) is 0 Å². The third-order valence-corrected chi connectivity index (χ3v) is 2.37. The Hall–Kier alpha value is -2.42. The van der Waals surface area contributed by atoms with E-state index < -0.39 is 0 Å². The summed E-state index contributed by atoms with van der Waals surface area (Å²) in [7, 11) is 0. The minimum Gasteiger partial charge on any atom is -0.396 e.